The first-order valence-corrected chi connectivity index (χ1v) is 15.9. The third-order valence-corrected chi connectivity index (χ3v) is 9.75. The molecule has 2 aromatic rings. The zero-order valence-corrected chi connectivity index (χ0v) is 24.6. The molecule has 1 unspecified atom stereocenters. The number of nitrogens with one attached hydrogen (secondary N) is 1. The summed E-state index contributed by atoms with van der Waals surface area (Å²) in [5.74, 6) is -0.401. The van der Waals surface area contributed by atoms with Gasteiger partial charge >= 0.3 is 15.6 Å². The highest BCUT2D eigenvalue weighted by atomic mass is 35.5. The number of anilines is 1. The van der Waals surface area contributed by atoms with Crippen LogP contribution in [0.3, 0.4) is 0 Å². The fourth-order valence-electron chi connectivity index (χ4n) is 6.52. The van der Waals surface area contributed by atoms with Gasteiger partial charge in [0.2, 0.25) is 5.91 Å². The van der Waals surface area contributed by atoms with E-state index in [2.05, 4.69) is 19.3 Å². The summed E-state index contributed by atoms with van der Waals surface area (Å²) in [5, 5.41) is 3.66. The standard InChI is InChI=1S/C28H32Cl2F3N3O4S/c29-20-14-21(30)16-22(15-20)34-26(37)17-36-12-9-19-13-24(40-41(38,39)28(31,32)33)5-6-25(19)27(36)18-7-10-35(11-8-18)23-3-1-2-4-23/h5-6,13-16,18,23,27H,1-4,7-12,17H2,(H,34,37). The van der Waals surface area contributed by atoms with Crippen LogP contribution in [0.5, 0.6) is 5.75 Å². The lowest BCUT2D eigenvalue weighted by atomic mass is 9.79. The number of nitrogens with zero attached hydrogens (tertiary/aromatic N) is 2. The largest absolute Gasteiger partial charge is 0.534 e. The Morgan fingerprint density at radius 1 is 0.976 bits per heavy atom. The van der Waals surface area contributed by atoms with Crippen LogP contribution in [-0.2, 0) is 21.3 Å². The van der Waals surface area contributed by atoms with Crippen LogP contribution >= 0.6 is 23.2 Å². The van der Waals surface area contributed by atoms with Gasteiger partial charge in [0.1, 0.15) is 5.75 Å². The third kappa shape index (κ3) is 7.13. The topological polar surface area (TPSA) is 79.0 Å². The van der Waals surface area contributed by atoms with Crippen molar-refractivity contribution in [1.82, 2.24) is 9.80 Å². The van der Waals surface area contributed by atoms with E-state index in [1.54, 1.807) is 24.3 Å². The van der Waals surface area contributed by atoms with E-state index >= 15 is 0 Å². The Kier molecular flexibility index (Phi) is 9.11. The molecule has 7 nitrogen and oxygen atoms in total. The maximum absolute atomic E-state index is 13.1. The van der Waals surface area contributed by atoms with Gasteiger partial charge < -0.3 is 14.4 Å². The molecule has 1 saturated carbocycles. The lowest BCUT2D eigenvalue weighted by Crippen LogP contribution is -2.47. The minimum absolute atomic E-state index is 0.0950. The minimum Gasteiger partial charge on any atom is -0.376 e. The number of likely N-dealkylation sites (tertiary alicyclic amines) is 1. The summed E-state index contributed by atoms with van der Waals surface area (Å²) >= 11 is 12.2. The normalized spacial score (nSPS) is 21.5. The lowest BCUT2D eigenvalue weighted by Gasteiger charge is -2.45. The third-order valence-electron chi connectivity index (χ3n) is 8.34. The van der Waals surface area contributed by atoms with Crippen molar-refractivity contribution in [2.24, 2.45) is 5.92 Å². The van der Waals surface area contributed by atoms with Crippen LogP contribution in [0, 0.1) is 5.92 Å². The maximum Gasteiger partial charge on any atom is 0.534 e. The van der Waals surface area contributed by atoms with E-state index in [1.165, 1.54) is 37.8 Å². The number of rotatable bonds is 7. The van der Waals surface area contributed by atoms with E-state index in [0.29, 0.717) is 34.7 Å². The Labute approximate surface area is 248 Å². The van der Waals surface area contributed by atoms with Crippen LogP contribution in [0.2, 0.25) is 10.0 Å². The molecule has 1 aliphatic carbocycles. The smallest absolute Gasteiger partial charge is 0.376 e. The van der Waals surface area contributed by atoms with E-state index in [4.69, 9.17) is 23.2 Å². The molecule has 0 bridgehead atoms. The second-order valence-electron chi connectivity index (χ2n) is 11.0. The van der Waals surface area contributed by atoms with Crippen molar-refractivity contribution in [2.45, 2.75) is 62.5 Å². The number of hydrogen-bond donors (Lipinski definition) is 1. The van der Waals surface area contributed by atoms with E-state index in [1.807, 2.05) is 0 Å². The second kappa shape index (κ2) is 12.3. The van der Waals surface area contributed by atoms with Gasteiger partial charge in [-0.15, -0.1) is 0 Å². The average Bonchev–Trinajstić information content (AvgIpc) is 3.42. The number of hydrogen-bond acceptors (Lipinski definition) is 6. The number of fused-ring (bicyclic) bond motifs is 1. The number of amides is 1. The van der Waals surface area contributed by atoms with Crippen LogP contribution in [0.15, 0.2) is 36.4 Å². The Balaban J connectivity index is 1.37. The van der Waals surface area contributed by atoms with Crippen LogP contribution in [0.25, 0.3) is 0 Å². The molecule has 41 heavy (non-hydrogen) atoms. The molecule has 1 atom stereocenters. The molecule has 1 N–H and O–H groups in total. The average molecular weight is 635 g/mol. The molecular formula is C28H32Cl2F3N3O4S. The van der Waals surface area contributed by atoms with Gasteiger partial charge in [0.15, 0.2) is 0 Å². The van der Waals surface area contributed by atoms with Gasteiger partial charge in [0.05, 0.1) is 6.54 Å². The molecule has 1 amide bonds. The number of benzene rings is 2. The van der Waals surface area contributed by atoms with E-state index < -0.39 is 15.6 Å². The number of alkyl halides is 3. The highest BCUT2D eigenvalue weighted by Crippen LogP contribution is 2.42. The summed E-state index contributed by atoms with van der Waals surface area (Å²) < 4.78 is 66.3. The monoisotopic (exact) mass is 633 g/mol. The van der Waals surface area contributed by atoms with Gasteiger partial charge in [-0.3, -0.25) is 9.69 Å². The number of carbonyl (C=O) groups is 1. The van der Waals surface area contributed by atoms with Gasteiger partial charge in [0, 0.05) is 34.4 Å². The first kappa shape index (κ1) is 30.4. The number of halogens is 5. The van der Waals surface area contributed by atoms with Gasteiger partial charge in [-0.05, 0) is 92.6 Å². The first-order chi connectivity index (χ1) is 19.4. The predicted octanol–water partition coefficient (Wildman–Crippen LogP) is 6.41. The van der Waals surface area contributed by atoms with E-state index in [-0.39, 0.29) is 30.2 Å². The fraction of sp³-hybridized carbons (Fsp3) is 0.536. The molecular weight excluding hydrogens is 602 g/mol. The van der Waals surface area contributed by atoms with E-state index in [9.17, 15) is 26.4 Å². The van der Waals surface area contributed by atoms with Crippen molar-refractivity contribution < 1.29 is 30.6 Å². The molecule has 2 fully saturated rings. The van der Waals surface area contributed by atoms with Crippen LogP contribution in [0.1, 0.15) is 55.7 Å². The van der Waals surface area contributed by atoms with Crippen LogP contribution in [0.4, 0.5) is 18.9 Å². The van der Waals surface area contributed by atoms with E-state index in [0.717, 1.165) is 37.1 Å². The Hall–Kier alpha value is -2.05. The Morgan fingerprint density at radius 3 is 2.27 bits per heavy atom. The van der Waals surface area contributed by atoms with Crippen LogP contribution < -0.4 is 9.50 Å². The molecule has 5 rings (SSSR count). The molecule has 2 heterocycles. The summed E-state index contributed by atoms with van der Waals surface area (Å²) in [5.41, 5.74) is -3.43. The molecule has 0 aromatic heterocycles. The highest BCUT2D eigenvalue weighted by molar-refractivity contribution is 7.88. The summed E-state index contributed by atoms with van der Waals surface area (Å²) in [7, 11) is -5.78. The summed E-state index contributed by atoms with van der Waals surface area (Å²) in [6.45, 7) is 2.47. The number of piperidine rings is 1. The van der Waals surface area contributed by atoms with Crippen molar-refractivity contribution in [3.05, 3.63) is 57.6 Å². The molecule has 13 heteroatoms. The second-order valence-corrected chi connectivity index (χ2v) is 13.4. The summed E-state index contributed by atoms with van der Waals surface area (Å²) in [6.07, 6.45) is 7.23. The van der Waals surface area contributed by atoms with Crippen molar-refractivity contribution in [1.29, 1.82) is 0 Å². The van der Waals surface area contributed by atoms with Crippen LogP contribution in [-0.4, -0.2) is 61.9 Å². The molecule has 0 radical (unpaired) electrons. The molecule has 2 aliphatic heterocycles. The summed E-state index contributed by atoms with van der Waals surface area (Å²) in [4.78, 5) is 17.8. The number of carbonyl (C=O) groups excluding carboxylic acids is 1. The zero-order chi connectivity index (χ0) is 29.4. The Morgan fingerprint density at radius 2 is 1.63 bits per heavy atom. The van der Waals surface area contributed by atoms with Crippen molar-refractivity contribution >= 4 is 44.9 Å². The summed E-state index contributed by atoms with van der Waals surface area (Å²) in [6, 6.07) is 9.55. The van der Waals surface area contributed by atoms with Crippen molar-refractivity contribution in [3.8, 4) is 5.75 Å². The van der Waals surface area contributed by atoms with Gasteiger partial charge in [-0.25, -0.2) is 0 Å². The van der Waals surface area contributed by atoms with Gasteiger partial charge in [-0.2, -0.15) is 21.6 Å². The fourth-order valence-corrected chi connectivity index (χ4v) is 7.50. The van der Waals surface area contributed by atoms with Crippen molar-refractivity contribution in [3.63, 3.8) is 0 Å². The predicted molar refractivity (Wildman–Crippen MR) is 152 cm³/mol. The first-order valence-electron chi connectivity index (χ1n) is 13.8. The molecule has 224 valence electrons. The Bertz CT molecular complexity index is 1360. The molecule has 3 aliphatic rings. The maximum atomic E-state index is 13.1. The molecule has 0 spiro atoms. The van der Waals surface area contributed by atoms with Gasteiger partial charge in [0.25, 0.3) is 0 Å². The zero-order valence-electron chi connectivity index (χ0n) is 22.3. The molecule has 2 aromatic carbocycles. The van der Waals surface area contributed by atoms with Gasteiger partial charge in [-0.1, -0.05) is 42.1 Å². The quantitative estimate of drug-likeness (QED) is 0.280. The highest BCUT2D eigenvalue weighted by Gasteiger charge is 2.48. The molecule has 1 saturated heterocycles. The minimum atomic E-state index is -5.78. The van der Waals surface area contributed by atoms with Crippen molar-refractivity contribution in [2.75, 3.05) is 31.5 Å². The SMILES string of the molecule is O=C(CN1CCc2cc(OS(=O)(=O)C(F)(F)F)ccc2C1C1CCN(C2CCCC2)CC1)Nc1cc(Cl)cc(Cl)c1. The lowest BCUT2D eigenvalue weighted by molar-refractivity contribution is -0.118.